The van der Waals surface area contributed by atoms with E-state index in [9.17, 15) is 9.18 Å². The van der Waals surface area contributed by atoms with Crippen LogP contribution in [-0.4, -0.2) is 10.9 Å². The Morgan fingerprint density at radius 1 is 1.28 bits per heavy atom. The van der Waals surface area contributed by atoms with E-state index in [1.165, 1.54) is 6.07 Å². The Morgan fingerprint density at radius 3 is 2.78 bits per heavy atom. The number of benzene rings is 1. The monoisotopic (exact) mass is 245 g/mol. The fourth-order valence-corrected chi connectivity index (χ4v) is 1.53. The molecule has 4 nitrogen and oxygen atoms in total. The van der Waals surface area contributed by atoms with Crippen molar-refractivity contribution >= 4 is 11.7 Å². The Balaban J connectivity index is 2.06. The first kappa shape index (κ1) is 12.0. The molecule has 18 heavy (non-hydrogen) atoms. The van der Waals surface area contributed by atoms with Crippen LogP contribution < -0.4 is 11.1 Å². The van der Waals surface area contributed by atoms with Crippen LogP contribution in [-0.2, 0) is 6.54 Å². The fraction of sp³-hybridized carbons (Fsp3) is 0.0769. The predicted octanol–water partition coefficient (Wildman–Crippen LogP) is 1.93. The molecule has 0 atom stereocenters. The van der Waals surface area contributed by atoms with Gasteiger partial charge < -0.3 is 11.1 Å². The number of aromatic nitrogens is 1. The highest BCUT2D eigenvalue weighted by Gasteiger charge is 2.02. The summed E-state index contributed by atoms with van der Waals surface area (Å²) in [6.45, 7) is 0.442. The van der Waals surface area contributed by atoms with Crippen LogP contribution in [0.1, 0.15) is 15.9 Å². The number of carbonyl (C=O) groups excluding carboxylic acids is 1. The number of hydrogen-bond acceptors (Lipinski definition) is 3. The first-order chi connectivity index (χ1) is 8.65. The molecular weight excluding hydrogens is 233 g/mol. The van der Waals surface area contributed by atoms with E-state index < -0.39 is 11.9 Å². The van der Waals surface area contributed by atoms with Gasteiger partial charge in [0.2, 0.25) is 11.9 Å². The number of nitrogens with one attached hydrogen (secondary N) is 1. The molecule has 0 aliphatic heterocycles. The summed E-state index contributed by atoms with van der Waals surface area (Å²) >= 11 is 0. The van der Waals surface area contributed by atoms with Crippen molar-refractivity contribution in [1.29, 1.82) is 0 Å². The van der Waals surface area contributed by atoms with Crippen molar-refractivity contribution in [3.05, 3.63) is 59.5 Å². The quantitative estimate of drug-likeness (QED) is 0.809. The zero-order valence-electron chi connectivity index (χ0n) is 9.56. The molecule has 3 N–H and O–H groups in total. The van der Waals surface area contributed by atoms with Gasteiger partial charge in [0.25, 0.3) is 0 Å². The van der Waals surface area contributed by atoms with Crippen LogP contribution in [0, 0.1) is 5.95 Å². The maximum atomic E-state index is 12.9. The molecule has 0 aliphatic rings. The second kappa shape index (κ2) is 5.27. The highest BCUT2D eigenvalue weighted by atomic mass is 19.1. The molecule has 0 aliphatic carbocycles. The maximum Gasteiger partial charge on any atom is 0.248 e. The van der Waals surface area contributed by atoms with Crippen LogP contribution in [0.3, 0.4) is 0 Å². The van der Waals surface area contributed by atoms with Crippen molar-refractivity contribution in [2.75, 3.05) is 5.32 Å². The molecule has 2 aromatic rings. The molecular formula is C13H12FN3O. The molecule has 0 unspecified atom stereocenters. The third kappa shape index (κ3) is 3.04. The van der Waals surface area contributed by atoms with Gasteiger partial charge >= 0.3 is 0 Å². The van der Waals surface area contributed by atoms with Gasteiger partial charge in [0, 0.05) is 12.1 Å². The molecule has 0 saturated heterocycles. The lowest BCUT2D eigenvalue weighted by Gasteiger charge is -2.06. The zero-order valence-corrected chi connectivity index (χ0v) is 9.56. The second-order valence-electron chi connectivity index (χ2n) is 3.76. The van der Waals surface area contributed by atoms with Crippen LogP contribution >= 0.6 is 0 Å². The van der Waals surface area contributed by atoms with Gasteiger partial charge in [0.1, 0.15) is 5.82 Å². The van der Waals surface area contributed by atoms with Crippen molar-refractivity contribution < 1.29 is 9.18 Å². The number of anilines is 1. The van der Waals surface area contributed by atoms with Crippen molar-refractivity contribution in [3.8, 4) is 0 Å². The highest BCUT2D eigenvalue weighted by Crippen LogP contribution is 2.09. The van der Waals surface area contributed by atoms with Gasteiger partial charge in [-0.15, -0.1) is 0 Å². The molecule has 2 rings (SSSR count). The highest BCUT2D eigenvalue weighted by molar-refractivity contribution is 5.92. The minimum atomic E-state index is -0.536. The lowest BCUT2D eigenvalue weighted by atomic mass is 10.1. The van der Waals surface area contributed by atoms with Crippen LogP contribution in [0.2, 0.25) is 0 Å². The third-order valence-corrected chi connectivity index (χ3v) is 2.40. The van der Waals surface area contributed by atoms with Crippen LogP contribution in [0.5, 0.6) is 0 Å². The summed E-state index contributed by atoms with van der Waals surface area (Å²) < 4.78 is 12.9. The number of carbonyl (C=O) groups is 1. The van der Waals surface area contributed by atoms with Crippen molar-refractivity contribution in [2.45, 2.75) is 6.54 Å². The number of primary amides is 1. The van der Waals surface area contributed by atoms with Gasteiger partial charge in [-0.2, -0.15) is 4.39 Å². The molecule has 1 heterocycles. The van der Waals surface area contributed by atoms with E-state index in [0.717, 1.165) is 5.56 Å². The zero-order chi connectivity index (χ0) is 13.0. The number of hydrogen-bond donors (Lipinski definition) is 2. The molecule has 5 heteroatoms. The summed E-state index contributed by atoms with van der Waals surface area (Å²) in [5, 5.41) is 2.96. The van der Waals surface area contributed by atoms with Crippen molar-refractivity contribution in [1.82, 2.24) is 4.98 Å². The number of halogens is 1. The Labute approximate surface area is 104 Å². The van der Waals surface area contributed by atoms with Crippen LogP contribution in [0.25, 0.3) is 0 Å². The summed E-state index contributed by atoms with van der Waals surface area (Å²) in [5.41, 5.74) is 6.51. The average Bonchev–Trinajstić information content (AvgIpc) is 2.37. The van der Waals surface area contributed by atoms with Crippen LogP contribution in [0.4, 0.5) is 10.2 Å². The minimum absolute atomic E-state index is 0.442. The molecule has 0 saturated carbocycles. The average molecular weight is 245 g/mol. The molecule has 0 radical (unpaired) electrons. The molecule has 1 amide bonds. The van der Waals surface area contributed by atoms with Gasteiger partial charge in [-0.05, 0) is 29.8 Å². The number of rotatable bonds is 4. The van der Waals surface area contributed by atoms with Gasteiger partial charge in [-0.25, -0.2) is 4.98 Å². The summed E-state index contributed by atoms with van der Waals surface area (Å²) in [6.07, 6.45) is 0. The summed E-state index contributed by atoms with van der Waals surface area (Å²) in [6, 6.07) is 11.4. The van der Waals surface area contributed by atoms with Crippen molar-refractivity contribution in [3.63, 3.8) is 0 Å². The number of amides is 1. The Hall–Kier alpha value is -2.43. The SMILES string of the molecule is NC(=O)c1cccc(CNc2cccc(F)n2)c1. The molecule has 1 aromatic carbocycles. The fourth-order valence-electron chi connectivity index (χ4n) is 1.53. The molecule has 0 bridgehead atoms. The normalized spacial score (nSPS) is 10.1. The number of nitrogens with two attached hydrogens (primary N) is 1. The first-order valence-electron chi connectivity index (χ1n) is 5.40. The Kier molecular flexibility index (Phi) is 3.52. The third-order valence-electron chi connectivity index (χ3n) is 2.40. The van der Waals surface area contributed by atoms with E-state index in [1.54, 1.807) is 30.3 Å². The van der Waals surface area contributed by atoms with Gasteiger partial charge in [-0.3, -0.25) is 4.79 Å². The topological polar surface area (TPSA) is 68.0 Å². The van der Waals surface area contributed by atoms with Crippen LogP contribution in [0.15, 0.2) is 42.5 Å². The van der Waals surface area contributed by atoms with E-state index in [0.29, 0.717) is 17.9 Å². The minimum Gasteiger partial charge on any atom is -0.366 e. The van der Waals surface area contributed by atoms with E-state index in [-0.39, 0.29) is 0 Å². The Morgan fingerprint density at radius 2 is 2.06 bits per heavy atom. The van der Waals surface area contributed by atoms with Crippen molar-refractivity contribution in [2.24, 2.45) is 5.73 Å². The van der Waals surface area contributed by atoms with Gasteiger partial charge in [0.15, 0.2) is 0 Å². The summed E-state index contributed by atoms with van der Waals surface area (Å²) in [7, 11) is 0. The standard InChI is InChI=1S/C13H12FN3O/c14-11-5-2-6-12(17-11)16-8-9-3-1-4-10(7-9)13(15)18/h1-7H,8H2,(H2,15,18)(H,16,17). The lowest BCUT2D eigenvalue weighted by molar-refractivity contribution is 0.1000. The predicted molar refractivity (Wildman–Crippen MR) is 66.5 cm³/mol. The number of pyridine rings is 1. The smallest absolute Gasteiger partial charge is 0.248 e. The summed E-state index contributed by atoms with van der Waals surface area (Å²) in [4.78, 5) is 14.7. The molecule has 92 valence electrons. The second-order valence-corrected chi connectivity index (χ2v) is 3.76. The summed E-state index contributed by atoms with van der Waals surface area (Å²) in [5.74, 6) is -0.564. The number of nitrogens with zero attached hydrogens (tertiary/aromatic N) is 1. The van der Waals surface area contributed by atoms with E-state index in [1.807, 2.05) is 6.07 Å². The van der Waals surface area contributed by atoms with Gasteiger partial charge in [-0.1, -0.05) is 18.2 Å². The Bertz CT molecular complexity index is 572. The lowest BCUT2D eigenvalue weighted by Crippen LogP contribution is -2.11. The van der Waals surface area contributed by atoms with E-state index in [2.05, 4.69) is 10.3 Å². The maximum absolute atomic E-state index is 12.9. The van der Waals surface area contributed by atoms with E-state index >= 15 is 0 Å². The molecule has 0 fully saturated rings. The molecule has 1 aromatic heterocycles. The van der Waals surface area contributed by atoms with Gasteiger partial charge in [0.05, 0.1) is 0 Å². The first-order valence-corrected chi connectivity index (χ1v) is 5.40. The molecule has 0 spiro atoms. The van der Waals surface area contributed by atoms with E-state index in [4.69, 9.17) is 5.73 Å². The largest absolute Gasteiger partial charge is 0.366 e.